The first-order valence-electron chi connectivity index (χ1n) is 11.8. The second-order valence-electron chi connectivity index (χ2n) is 7.51. The third-order valence-corrected chi connectivity index (χ3v) is 6.86. The van der Waals surface area contributed by atoms with Crippen LogP contribution in [0.3, 0.4) is 0 Å². The predicted octanol–water partition coefficient (Wildman–Crippen LogP) is 2.19. The van der Waals surface area contributed by atoms with Gasteiger partial charge in [0.15, 0.2) is 20.6 Å². The number of hydrogen-bond donors (Lipinski definition) is 2. The van der Waals surface area contributed by atoms with Crippen molar-refractivity contribution < 1.29 is 37.4 Å². The lowest BCUT2D eigenvalue weighted by molar-refractivity contribution is -0.368. The summed E-state index contributed by atoms with van der Waals surface area (Å²) in [5.41, 5.74) is 7.51. The lowest BCUT2D eigenvalue weighted by atomic mass is 10.1. The summed E-state index contributed by atoms with van der Waals surface area (Å²) in [7, 11) is -10.5. The van der Waals surface area contributed by atoms with E-state index in [1.807, 2.05) is 6.92 Å². The first-order chi connectivity index (χ1) is 14.5. The summed E-state index contributed by atoms with van der Waals surface area (Å²) >= 11 is 0. The Morgan fingerprint density at radius 2 is 0.839 bits per heavy atom. The molecule has 0 unspecified atom stereocenters. The molecule has 0 atom stereocenters. The second-order valence-corrected chi connectivity index (χ2v) is 10.3. The molecular weight excluding hydrogens is 442 g/mol. The van der Waals surface area contributed by atoms with Gasteiger partial charge in [-0.3, -0.25) is 0 Å². The van der Waals surface area contributed by atoms with Crippen LogP contribution in [0.15, 0.2) is 0 Å². The van der Waals surface area contributed by atoms with Crippen LogP contribution in [0.5, 0.6) is 0 Å². The molecule has 0 saturated heterocycles. The first kappa shape index (κ1) is 35.3. The van der Waals surface area contributed by atoms with Crippen LogP contribution >= 0.6 is 0 Å². The largest absolute Gasteiger partial charge is 0.735 e. The molecule has 0 radical (unpaired) electrons. The molecule has 0 aliphatic heterocycles. The Balaban J connectivity index is -0.000000460. The van der Waals surface area contributed by atoms with E-state index in [4.69, 9.17) is 0 Å². The van der Waals surface area contributed by atoms with Gasteiger partial charge in [0.25, 0.3) is 0 Å². The van der Waals surface area contributed by atoms with Crippen molar-refractivity contribution in [3.05, 3.63) is 0 Å². The highest BCUT2D eigenvalue weighted by Gasteiger charge is 2.18. The van der Waals surface area contributed by atoms with E-state index >= 15 is 0 Å². The van der Waals surface area contributed by atoms with Crippen LogP contribution in [0.2, 0.25) is 0 Å². The molecule has 6 N–H and O–H groups in total. The fraction of sp³-hybridized carbons (Fsp3) is 1.00. The van der Waals surface area contributed by atoms with Crippen molar-refractivity contribution >= 4 is 20.6 Å². The molecule has 31 heavy (non-hydrogen) atoms. The van der Waals surface area contributed by atoms with E-state index in [0.717, 1.165) is 38.8 Å². The van der Waals surface area contributed by atoms with Crippen molar-refractivity contribution in [2.75, 3.05) is 19.6 Å². The van der Waals surface area contributed by atoms with Gasteiger partial charge in [-0.05, 0) is 32.1 Å². The van der Waals surface area contributed by atoms with Crippen LogP contribution in [-0.2, 0) is 20.6 Å². The van der Waals surface area contributed by atoms with Gasteiger partial charge < -0.3 is 20.6 Å². The third-order valence-electron chi connectivity index (χ3n) is 4.40. The first-order valence-corrected chi connectivity index (χ1v) is 14.5. The van der Waals surface area contributed by atoms with E-state index in [1.54, 1.807) is 0 Å². The average Bonchev–Trinajstić information content (AvgIpc) is 2.67. The Morgan fingerprint density at radius 1 is 0.548 bits per heavy atom. The maximum absolute atomic E-state index is 10.5. The maximum Gasteiger partial charge on any atom is 0.174 e. The number of hydrogen-bond acceptors (Lipinski definition) is 6. The summed E-state index contributed by atoms with van der Waals surface area (Å²) in [4.78, 5) is 0. The predicted molar refractivity (Wildman–Crippen MR) is 123 cm³/mol. The van der Waals surface area contributed by atoms with Crippen molar-refractivity contribution in [2.24, 2.45) is 0 Å². The smallest absolute Gasteiger partial charge is 0.174 e. The summed E-state index contributed by atoms with van der Waals surface area (Å²) in [5.74, 6) is 0. The van der Waals surface area contributed by atoms with Gasteiger partial charge in [0, 0.05) is 6.54 Å². The summed E-state index contributed by atoms with van der Waals surface area (Å²) < 4.78 is 62.7. The van der Waals surface area contributed by atoms with Gasteiger partial charge in [-0.15, -0.1) is 3.71 Å². The Kier molecular flexibility index (Phi) is 27.7. The lowest BCUT2D eigenvalue weighted by Crippen LogP contribution is -2.50. The topological polar surface area (TPSA) is 173 Å². The molecule has 0 bridgehead atoms. The van der Waals surface area contributed by atoms with E-state index < -0.39 is 30.9 Å². The summed E-state index contributed by atoms with van der Waals surface area (Å²) in [6.45, 7) is 8.14. The molecule has 0 aromatic rings. The number of nitrogens with zero attached hydrogens (tertiary/aromatic N) is 1. The van der Waals surface area contributed by atoms with Crippen LogP contribution < -0.4 is 11.5 Å². The van der Waals surface area contributed by atoms with Crippen LogP contribution in [-0.4, -0.2) is 49.3 Å². The van der Waals surface area contributed by atoms with Crippen molar-refractivity contribution in [2.45, 2.75) is 111 Å². The standard InChI is InChI=1S/C8H19NO6S2.2C6H15N/c1-2-3-4-5-6-7-8-9(16(10,11)12)17(13,14)15;2*1-2-3-4-5-6-7/h2-8H2,1H3,(H,10,11,12)(H,13,14,15);2*2-7H2,1H3. The molecular formula is C20H49N3O6S2. The van der Waals surface area contributed by atoms with E-state index in [1.165, 1.54) is 51.4 Å². The molecule has 0 heterocycles. The zero-order valence-electron chi connectivity index (χ0n) is 20.1. The highest BCUT2D eigenvalue weighted by atomic mass is 32.3. The Morgan fingerprint density at radius 3 is 1.13 bits per heavy atom. The molecule has 0 saturated carbocycles. The molecule has 0 rings (SSSR count). The molecule has 11 heteroatoms. The zero-order valence-corrected chi connectivity index (χ0v) is 21.8. The van der Waals surface area contributed by atoms with Gasteiger partial charge in [-0.1, -0.05) is 78.6 Å². The Hall–Kier alpha value is -0.300. The van der Waals surface area contributed by atoms with Gasteiger partial charge in [-0.2, -0.15) is 0 Å². The van der Waals surface area contributed by atoms with Crippen LogP contribution in [0, 0.1) is 0 Å². The summed E-state index contributed by atoms with van der Waals surface area (Å²) in [6.07, 6.45) is 15.5. The normalized spacial score (nSPS) is 11.5. The van der Waals surface area contributed by atoms with E-state index in [0.29, 0.717) is 6.42 Å². The van der Waals surface area contributed by atoms with Crippen LogP contribution in [0.4, 0.5) is 0 Å². The van der Waals surface area contributed by atoms with Gasteiger partial charge in [0.05, 0.1) is 13.1 Å². The highest BCUT2D eigenvalue weighted by Crippen LogP contribution is 2.10. The Bertz CT molecular complexity index is 507. The fourth-order valence-electron chi connectivity index (χ4n) is 2.56. The van der Waals surface area contributed by atoms with E-state index in [-0.39, 0.29) is 6.42 Å². The number of quaternary nitrogens is 2. The molecule has 0 aliphatic carbocycles. The van der Waals surface area contributed by atoms with Crippen LogP contribution in [0.25, 0.3) is 0 Å². The van der Waals surface area contributed by atoms with Gasteiger partial charge >= 0.3 is 0 Å². The molecule has 0 aromatic heterocycles. The summed E-state index contributed by atoms with van der Waals surface area (Å²) in [6, 6.07) is 0. The van der Waals surface area contributed by atoms with Crippen molar-refractivity contribution in [1.82, 2.24) is 3.71 Å². The van der Waals surface area contributed by atoms with Crippen molar-refractivity contribution in [3.8, 4) is 0 Å². The molecule has 0 spiro atoms. The van der Waals surface area contributed by atoms with Crippen molar-refractivity contribution in [3.63, 3.8) is 0 Å². The maximum atomic E-state index is 10.5. The molecule has 192 valence electrons. The minimum Gasteiger partial charge on any atom is -0.735 e. The average molecular weight is 492 g/mol. The number of unbranched alkanes of at least 4 members (excludes halogenated alkanes) is 11. The quantitative estimate of drug-likeness (QED) is 0.233. The molecule has 0 aromatic carbocycles. The third kappa shape index (κ3) is 29.7. The van der Waals surface area contributed by atoms with Gasteiger partial charge in [0.2, 0.25) is 0 Å². The molecule has 0 aliphatic rings. The monoisotopic (exact) mass is 491 g/mol. The van der Waals surface area contributed by atoms with Crippen LogP contribution in [0.1, 0.15) is 111 Å². The number of rotatable bonds is 17. The SMILES string of the molecule is CCCCCCCCN(S(=O)(=O)[O-])S(=O)(=O)[O-].CCCCCC[NH3+].CCCCCC[NH3+]. The minimum absolute atomic E-state index is 0.187. The van der Waals surface area contributed by atoms with Gasteiger partial charge in [0.1, 0.15) is 0 Å². The minimum atomic E-state index is -5.24. The van der Waals surface area contributed by atoms with E-state index in [9.17, 15) is 25.9 Å². The molecule has 0 fully saturated rings. The van der Waals surface area contributed by atoms with E-state index in [2.05, 4.69) is 25.3 Å². The molecule has 9 nitrogen and oxygen atoms in total. The van der Waals surface area contributed by atoms with Gasteiger partial charge in [-0.25, -0.2) is 16.8 Å². The molecule has 0 amide bonds. The van der Waals surface area contributed by atoms with Crippen molar-refractivity contribution in [1.29, 1.82) is 0 Å². The summed E-state index contributed by atoms with van der Waals surface area (Å²) in [5, 5.41) is 0. The lowest BCUT2D eigenvalue weighted by Gasteiger charge is -2.26. The highest BCUT2D eigenvalue weighted by molar-refractivity contribution is 7.98. The second kappa shape index (κ2) is 24.3. The zero-order chi connectivity index (χ0) is 24.6. The Labute approximate surface area is 192 Å². The fourth-order valence-corrected chi connectivity index (χ4v) is 4.16.